The molecule has 6 heteroatoms. The minimum atomic E-state index is -1.04. The second-order valence-corrected chi connectivity index (χ2v) is 3.02. The first-order chi connectivity index (χ1) is 5.09. The molecule has 0 aliphatic carbocycles. The van der Waals surface area contributed by atoms with Crippen molar-refractivity contribution in [1.29, 1.82) is 0 Å². The highest BCUT2D eigenvalue weighted by atomic mass is 127. The average Bonchev–Trinajstić information content (AvgIpc) is 2.10. The van der Waals surface area contributed by atoms with Crippen LogP contribution in [0.1, 0.15) is 0 Å². The van der Waals surface area contributed by atoms with Crippen molar-refractivity contribution in [2.24, 2.45) is 0 Å². The van der Waals surface area contributed by atoms with Crippen LogP contribution in [0, 0.1) is 9.52 Å². The molecule has 0 radical (unpaired) electrons. The highest BCUT2D eigenvalue weighted by molar-refractivity contribution is 14.1. The van der Waals surface area contributed by atoms with Gasteiger partial charge in [0.1, 0.15) is 6.54 Å². The Morgan fingerprint density at radius 1 is 1.91 bits per heavy atom. The van der Waals surface area contributed by atoms with Gasteiger partial charge in [-0.05, 0) is 22.6 Å². The van der Waals surface area contributed by atoms with Gasteiger partial charge in [-0.25, -0.2) is 0 Å². The van der Waals surface area contributed by atoms with E-state index in [9.17, 15) is 9.18 Å². The zero-order chi connectivity index (χ0) is 8.43. The molecule has 0 saturated carbocycles. The van der Waals surface area contributed by atoms with Crippen LogP contribution in [0.3, 0.4) is 0 Å². The van der Waals surface area contributed by atoms with Crippen LogP contribution in [0.25, 0.3) is 0 Å². The molecule has 4 nitrogen and oxygen atoms in total. The van der Waals surface area contributed by atoms with Gasteiger partial charge in [0, 0.05) is 6.20 Å². The first-order valence-corrected chi connectivity index (χ1v) is 3.77. The van der Waals surface area contributed by atoms with E-state index in [-0.39, 0.29) is 6.54 Å². The highest BCUT2D eigenvalue weighted by Gasteiger charge is 2.06. The molecule has 0 fully saturated rings. The fraction of sp³-hybridized carbons (Fsp3) is 0.200. The number of carbonyl (C=O) groups is 1. The van der Waals surface area contributed by atoms with Crippen LogP contribution in [-0.4, -0.2) is 20.9 Å². The monoisotopic (exact) mass is 270 g/mol. The molecule has 0 aromatic carbocycles. The number of rotatable bonds is 2. The lowest BCUT2D eigenvalue weighted by Gasteiger charge is -1.91. The number of carboxylic acid groups (broad SMARTS) is 1. The van der Waals surface area contributed by atoms with Crippen molar-refractivity contribution in [3.8, 4) is 0 Å². The molecule has 0 amide bonds. The molecule has 1 N–H and O–H groups in total. The predicted molar refractivity (Wildman–Crippen MR) is 42.5 cm³/mol. The van der Waals surface area contributed by atoms with E-state index in [0.29, 0.717) is 3.57 Å². The molecule has 0 aliphatic heterocycles. The summed E-state index contributed by atoms with van der Waals surface area (Å²) in [4.78, 5) is 10.1. The van der Waals surface area contributed by atoms with E-state index in [1.807, 2.05) is 0 Å². The molecule has 0 unspecified atom stereocenters. The summed E-state index contributed by atoms with van der Waals surface area (Å²) in [6.07, 6.45) is 1.34. The number of aliphatic carboxylic acids is 1. The average molecular weight is 270 g/mol. The summed E-state index contributed by atoms with van der Waals surface area (Å²) in [5.74, 6) is -1.67. The lowest BCUT2D eigenvalue weighted by atomic mass is 10.6. The second kappa shape index (κ2) is 3.16. The molecular formula is C5H4FIN2O2. The van der Waals surface area contributed by atoms with Gasteiger partial charge in [-0.15, -0.1) is 5.10 Å². The quantitative estimate of drug-likeness (QED) is 0.805. The summed E-state index contributed by atoms with van der Waals surface area (Å²) in [6, 6.07) is 0. The Morgan fingerprint density at radius 2 is 2.55 bits per heavy atom. The number of aromatic nitrogens is 2. The topological polar surface area (TPSA) is 55.1 Å². The fourth-order valence-electron chi connectivity index (χ4n) is 0.593. The van der Waals surface area contributed by atoms with Gasteiger partial charge in [-0.1, -0.05) is 0 Å². The third-order valence-corrected chi connectivity index (χ3v) is 1.70. The minimum absolute atomic E-state index is 0.306. The van der Waals surface area contributed by atoms with Crippen molar-refractivity contribution in [1.82, 2.24) is 9.78 Å². The minimum Gasteiger partial charge on any atom is -0.480 e. The maximum absolute atomic E-state index is 12.5. The van der Waals surface area contributed by atoms with Gasteiger partial charge in [-0.3, -0.25) is 9.48 Å². The van der Waals surface area contributed by atoms with Crippen molar-refractivity contribution in [2.45, 2.75) is 6.54 Å². The van der Waals surface area contributed by atoms with Crippen LogP contribution in [0.15, 0.2) is 6.20 Å². The molecule has 1 rings (SSSR count). The van der Waals surface area contributed by atoms with Gasteiger partial charge >= 0.3 is 5.97 Å². The van der Waals surface area contributed by atoms with Crippen molar-refractivity contribution in [2.75, 3.05) is 0 Å². The van der Waals surface area contributed by atoms with Crippen molar-refractivity contribution < 1.29 is 14.3 Å². The third kappa shape index (κ3) is 2.14. The van der Waals surface area contributed by atoms with Crippen LogP contribution in [-0.2, 0) is 11.3 Å². The van der Waals surface area contributed by atoms with Gasteiger partial charge in [0.05, 0.1) is 3.57 Å². The molecule has 11 heavy (non-hydrogen) atoms. The van der Waals surface area contributed by atoms with Crippen LogP contribution >= 0.6 is 22.6 Å². The highest BCUT2D eigenvalue weighted by Crippen LogP contribution is 2.07. The maximum atomic E-state index is 12.5. The lowest BCUT2D eigenvalue weighted by molar-refractivity contribution is -0.137. The molecule has 1 aromatic rings. The van der Waals surface area contributed by atoms with E-state index in [2.05, 4.69) is 5.10 Å². The lowest BCUT2D eigenvalue weighted by Crippen LogP contribution is -2.08. The largest absolute Gasteiger partial charge is 0.480 e. The molecule has 60 valence electrons. The van der Waals surface area contributed by atoms with Crippen LogP contribution < -0.4 is 0 Å². The summed E-state index contributed by atoms with van der Waals surface area (Å²) in [6.45, 7) is -0.306. The van der Waals surface area contributed by atoms with E-state index >= 15 is 0 Å². The summed E-state index contributed by atoms with van der Waals surface area (Å²) in [5.41, 5.74) is 0. The Morgan fingerprint density at radius 3 is 2.91 bits per heavy atom. The summed E-state index contributed by atoms with van der Waals surface area (Å²) < 4.78 is 13.8. The summed E-state index contributed by atoms with van der Waals surface area (Å²) in [5, 5.41) is 11.6. The van der Waals surface area contributed by atoms with Gasteiger partial charge in [0.2, 0.25) is 5.95 Å². The summed E-state index contributed by atoms with van der Waals surface area (Å²) in [7, 11) is 0. The Labute approximate surface area is 75.2 Å². The Kier molecular flexibility index (Phi) is 2.42. The zero-order valence-corrected chi connectivity index (χ0v) is 7.45. The standard InChI is InChI=1S/C5H4FIN2O2/c6-5-3(7)1-9(8-5)2-4(10)11/h1H,2H2,(H,10,11). The molecule has 0 atom stereocenters. The Balaban J connectivity index is 2.81. The van der Waals surface area contributed by atoms with E-state index in [0.717, 1.165) is 4.68 Å². The van der Waals surface area contributed by atoms with Gasteiger partial charge in [0.15, 0.2) is 0 Å². The number of hydrogen-bond donors (Lipinski definition) is 1. The third-order valence-electron chi connectivity index (χ3n) is 0.973. The Bertz CT molecular complexity index is 267. The van der Waals surface area contributed by atoms with Crippen LogP contribution in [0.4, 0.5) is 4.39 Å². The van der Waals surface area contributed by atoms with Crippen molar-refractivity contribution in [3.05, 3.63) is 15.7 Å². The first kappa shape index (κ1) is 8.44. The molecule has 1 aromatic heterocycles. The molecular weight excluding hydrogens is 266 g/mol. The predicted octanol–water partition coefficient (Wildman–Crippen LogP) is 0.711. The smallest absolute Gasteiger partial charge is 0.325 e. The van der Waals surface area contributed by atoms with E-state index < -0.39 is 11.9 Å². The van der Waals surface area contributed by atoms with E-state index in [1.165, 1.54) is 6.20 Å². The van der Waals surface area contributed by atoms with Crippen LogP contribution in [0.5, 0.6) is 0 Å². The van der Waals surface area contributed by atoms with E-state index in [1.54, 1.807) is 22.6 Å². The van der Waals surface area contributed by atoms with Gasteiger partial charge in [-0.2, -0.15) is 4.39 Å². The SMILES string of the molecule is O=C(O)Cn1cc(I)c(F)n1. The molecule has 0 saturated heterocycles. The maximum Gasteiger partial charge on any atom is 0.325 e. The Hall–Kier alpha value is -0.660. The second-order valence-electron chi connectivity index (χ2n) is 1.86. The first-order valence-electron chi connectivity index (χ1n) is 2.70. The van der Waals surface area contributed by atoms with Crippen LogP contribution in [0.2, 0.25) is 0 Å². The normalized spacial score (nSPS) is 10.0. The summed E-state index contributed by atoms with van der Waals surface area (Å²) >= 11 is 1.74. The molecule has 1 heterocycles. The van der Waals surface area contributed by atoms with Crippen molar-refractivity contribution in [3.63, 3.8) is 0 Å². The van der Waals surface area contributed by atoms with Gasteiger partial charge < -0.3 is 5.11 Å². The van der Waals surface area contributed by atoms with Gasteiger partial charge in [0.25, 0.3) is 0 Å². The molecule has 0 bridgehead atoms. The fourth-order valence-corrected chi connectivity index (χ4v) is 1.02. The van der Waals surface area contributed by atoms with Crippen molar-refractivity contribution >= 4 is 28.6 Å². The molecule has 0 aliphatic rings. The number of nitrogens with zero attached hydrogens (tertiary/aromatic N) is 2. The number of halogens is 2. The number of carboxylic acids is 1. The zero-order valence-electron chi connectivity index (χ0n) is 5.29. The van der Waals surface area contributed by atoms with E-state index in [4.69, 9.17) is 5.11 Å². The number of hydrogen-bond acceptors (Lipinski definition) is 2. The molecule has 0 spiro atoms.